The molecule has 1 heterocycles. The average molecular weight is 340 g/mol. The second kappa shape index (κ2) is 5.99. The third kappa shape index (κ3) is 3.42. The summed E-state index contributed by atoms with van der Waals surface area (Å²) in [4.78, 5) is 23.2. The lowest BCUT2D eigenvalue weighted by Crippen LogP contribution is -2.33. The van der Waals surface area contributed by atoms with Gasteiger partial charge in [-0.25, -0.2) is 4.79 Å². The monoisotopic (exact) mass is 339 g/mol. The molecular formula is C13H10BrNO3S. The molecular weight excluding hydrogens is 330 g/mol. The molecule has 1 aromatic carbocycles. The Kier molecular flexibility index (Phi) is 4.34. The molecule has 0 unspecified atom stereocenters. The molecule has 0 aliphatic carbocycles. The SMILES string of the molecule is O=C(N[C@H](C(=O)O)c1ccccc1)c1csc(Br)c1. The molecule has 0 bridgehead atoms. The first-order valence-electron chi connectivity index (χ1n) is 5.40. The van der Waals surface area contributed by atoms with Gasteiger partial charge in [0.15, 0.2) is 6.04 Å². The summed E-state index contributed by atoms with van der Waals surface area (Å²) in [7, 11) is 0. The summed E-state index contributed by atoms with van der Waals surface area (Å²) in [6.45, 7) is 0. The molecule has 0 aliphatic rings. The number of carboxylic acid groups (broad SMARTS) is 1. The van der Waals surface area contributed by atoms with Crippen LogP contribution in [0.15, 0.2) is 45.6 Å². The first-order chi connectivity index (χ1) is 9.08. The first-order valence-corrected chi connectivity index (χ1v) is 7.08. The summed E-state index contributed by atoms with van der Waals surface area (Å²) in [5.74, 6) is -1.49. The highest BCUT2D eigenvalue weighted by Crippen LogP contribution is 2.21. The minimum absolute atomic E-state index is 0.404. The molecule has 0 spiro atoms. The van der Waals surface area contributed by atoms with Crippen LogP contribution in [0.25, 0.3) is 0 Å². The van der Waals surface area contributed by atoms with Crippen LogP contribution in [-0.2, 0) is 4.79 Å². The van der Waals surface area contributed by atoms with Gasteiger partial charge in [0, 0.05) is 5.38 Å². The number of hydrogen-bond donors (Lipinski definition) is 2. The number of rotatable bonds is 4. The lowest BCUT2D eigenvalue weighted by atomic mass is 10.1. The Morgan fingerprint density at radius 2 is 1.95 bits per heavy atom. The number of benzene rings is 1. The van der Waals surface area contributed by atoms with E-state index in [-0.39, 0.29) is 0 Å². The molecule has 4 nitrogen and oxygen atoms in total. The normalized spacial score (nSPS) is 11.8. The Labute approximate surface area is 122 Å². The van der Waals surface area contributed by atoms with Gasteiger partial charge in [-0.05, 0) is 27.6 Å². The van der Waals surface area contributed by atoms with Crippen molar-refractivity contribution in [1.29, 1.82) is 0 Å². The molecule has 98 valence electrons. The number of carbonyl (C=O) groups excluding carboxylic acids is 1. The van der Waals surface area contributed by atoms with Crippen LogP contribution in [0.3, 0.4) is 0 Å². The Bertz CT molecular complexity index is 597. The van der Waals surface area contributed by atoms with Crippen molar-refractivity contribution in [3.05, 3.63) is 56.7 Å². The third-order valence-corrected chi connectivity index (χ3v) is 3.99. The van der Waals surface area contributed by atoms with E-state index in [1.54, 1.807) is 41.8 Å². The Morgan fingerprint density at radius 1 is 1.26 bits per heavy atom. The van der Waals surface area contributed by atoms with Crippen LogP contribution in [0.1, 0.15) is 22.0 Å². The van der Waals surface area contributed by atoms with Crippen LogP contribution in [0.2, 0.25) is 0 Å². The molecule has 1 amide bonds. The van der Waals surface area contributed by atoms with Gasteiger partial charge in [0.2, 0.25) is 0 Å². The number of halogens is 1. The zero-order chi connectivity index (χ0) is 13.8. The molecule has 0 radical (unpaired) electrons. The van der Waals surface area contributed by atoms with E-state index in [0.29, 0.717) is 11.1 Å². The van der Waals surface area contributed by atoms with Crippen LogP contribution in [-0.4, -0.2) is 17.0 Å². The van der Waals surface area contributed by atoms with Crippen molar-refractivity contribution in [2.45, 2.75) is 6.04 Å². The van der Waals surface area contributed by atoms with E-state index in [1.807, 2.05) is 0 Å². The lowest BCUT2D eigenvalue weighted by Gasteiger charge is -2.14. The van der Waals surface area contributed by atoms with E-state index in [4.69, 9.17) is 0 Å². The standard InChI is InChI=1S/C13H10BrNO3S/c14-10-6-9(7-19-10)12(16)15-11(13(17)18)8-4-2-1-3-5-8/h1-7,11H,(H,15,16)(H,17,18)/t11-/m0/s1. The fourth-order valence-electron chi connectivity index (χ4n) is 1.58. The fourth-order valence-corrected chi connectivity index (χ4v) is 2.71. The smallest absolute Gasteiger partial charge is 0.330 e. The van der Waals surface area contributed by atoms with Crippen LogP contribution < -0.4 is 5.32 Å². The average Bonchev–Trinajstić information content (AvgIpc) is 2.83. The number of nitrogens with one attached hydrogen (secondary N) is 1. The third-order valence-electron chi connectivity index (χ3n) is 2.48. The lowest BCUT2D eigenvalue weighted by molar-refractivity contribution is -0.139. The van der Waals surface area contributed by atoms with Crippen LogP contribution in [0.4, 0.5) is 0 Å². The quantitative estimate of drug-likeness (QED) is 0.899. The van der Waals surface area contributed by atoms with Gasteiger partial charge in [-0.1, -0.05) is 30.3 Å². The molecule has 19 heavy (non-hydrogen) atoms. The second-order valence-electron chi connectivity index (χ2n) is 3.79. The van der Waals surface area contributed by atoms with Gasteiger partial charge in [-0.2, -0.15) is 0 Å². The highest BCUT2D eigenvalue weighted by molar-refractivity contribution is 9.11. The maximum Gasteiger partial charge on any atom is 0.330 e. The summed E-state index contributed by atoms with van der Waals surface area (Å²) >= 11 is 4.64. The van der Waals surface area contributed by atoms with Crippen LogP contribution in [0.5, 0.6) is 0 Å². The van der Waals surface area contributed by atoms with Gasteiger partial charge in [0.25, 0.3) is 5.91 Å². The van der Waals surface area contributed by atoms with E-state index in [9.17, 15) is 14.7 Å². The highest BCUT2D eigenvalue weighted by Gasteiger charge is 2.22. The topological polar surface area (TPSA) is 66.4 Å². The molecule has 0 saturated carbocycles. The van der Waals surface area contributed by atoms with Crippen molar-refractivity contribution in [2.24, 2.45) is 0 Å². The maximum atomic E-state index is 12.0. The number of aliphatic carboxylic acids is 1. The van der Waals surface area contributed by atoms with Gasteiger partial charge in [0.05, 0.1) is 9.35 Å². The molecule has 1 aromatic heterocycles. The summed E-state index contributed by atoms with van der Waals surface area (Å²) < 4.78 is 0.823. The van der Waals surface area contributed by atoms with Gasteiger partial charge < -0.3 is 10.4 Å². The second-order valence-corrected chi connectivity index (χ2v) is 6.09. The van der Waals surface area contributed by atoms with Crippen molar-refractivity contribution in [1.82, 2.24) is 5.32 Å². The Morgan fingerprint density at radius 3 is 2.47 bits per heavy atom. The highest BCUT2D eigenvalue weighted by atomic mass is 79.9. The van der Waals surface area contributed by atoms with Crippen molar-refractivity contribution in [2.75, 3.05) is 0 Å². The number of amides is 1. The van der Waals surface area contributed by atoms with Crippen LogP contribution in [0, 0.1) is 0 Å². The molecule has 2 N–H and O–H groups in total. The van der Waals surface area contributed by atoms with E-state index in [2.05, 4.69) is 21.2 Å². The minimum atomic E-state index is -1.09. The van der Waals surface area contributed by atoms with Crippen molar-refractivity contribution >= 4 is 39.1 Å². The van der Waals surface area contributed by atoms with Crippen molar-refractivity contribution in [3.8, 4) is 0 Å². The molecule has 6 heteroatoms. The molecule has 0 aliphatic heterocycles. The van der Waals surface area contributed by atoms with E-state index in [0.717, 1.165) is 3.79 Å². The maximum absolute atomic E-state index is 12.0. The summed E-state index contributed by atoms with van der Waals surface area (Å²) in [6.07, 6.45) is 0. The first kappa shape index (κ1) is 13.8. The molecule has 2 aromatic rings. The zero-order valence-electron chi connectivity index (χ0n) is 9.67. The molecule has 0 saturated heterocycles. The van der Waals surface area contributed by atoms with Crippen molar-refractivity contribution in [3.63, 3.8) is 0 Å². The van der Waals surface area contributed by atoms with Gasteiger partial charge >= 0.3 is 5.97 Å². The predicted octanol–water partition coefficient (Wildman–Crippen LogP) is 3.07. The summed E-state index contributed by atoms with van der Waals surface area (Å²) in [5.41, 5.74) is 0.983. The van der Waals surface area contributed by atoms with Gasteiger partial charge in [-0.15, -0.1) is 11.3 Å². The van der Waals surface area contributed by atoms with E-state index in [1.165, 1.54) is 11.3 Å². The minimum Gasteiger partial charge on any atom is -0.479 e. The number of hydrogen-bond acceptors (Lipinski definition) is 3. The van der Waals surface area contributed by atoms with Crippen molar-refractivity contribution < 1.29 is 14.7 Å². The number of carboxylic acids is 1. The van der Waals surface area contributed by atoms with E-state index < -0.39 is 17.9 Å². The van der Waals surface area contributed by atoms with Gasteiger partial charge in [-0.3, -0.25) is 4.79 Å². The summed E-state index contributed by atoms with van der Waals surface area (Å²) in [5, 5.41) is 13.4. The zero-order valence-corrected chi connectivity index (χ0v) is 12.1. The predicted molar refractivity (Wildman–Crippen MR) is 76.3 cm³/mol. The largest absolute Gasteiger partial charge is 0.479 e. The van der Waals surface area contributed by atoms with E-state index >= 15 is 0 Å². The molecule has 1 atom stereocenters. The van der Waals surface area contributed by atoms with Crippen LogP contribution >= 0.6 is 27.3 Å². The number of carbonyl (C=O) groups is 2. The molecule has 0 fully saturated rings. The number of thiophene rings is 1. The van der Waals surface area contributed by atoms with Gasteiger partial charge in [0.1, 0.15) is 0 Å². The summed E-state index contributed by atoms with van der Waals surface area (Å²) in [6, 6.07) is 9.21. The molecule has 2 rings (SSSR count). The Balaban J connectivity index is 2.18. The Hall–Kier alpha value is -1.66. The fraction of sp³-hybridized carbons (Fsp3) is 0.0769.